The molecule has 11 heteroatoms. The van der Waals surface area contributed by atoms with Crippen LogP contribution in [0.15, 0.2) is 10.9 Å². The van der Waals surface area contributed by atoms with E-state index in [-0.39, 0.29) is 41.9 Å². The van der Waals surface area contributed by atoms with E-state index in [1.165, 1.54) is 0 Å². The number of amides is 1. The molecule has 0 radical (unpaired) electrons. The van der Waals surface area contributed by atoms with E-state index >= 15 is 0 Å². The zero-order valence-corrected chi connectivity index (χ0v) is 27.3. The number of aromatic amines is 1. The molecule has 45 heavy (non-hydrogen) atoms. The van der Waals surface area contributed by atoms with Gasteiger partial charge in [-0.3, -0.25) is 19.4 Å². The average molecular weight is 639 g/mol. The highest BCUT2D eigenvalue weighted by Gasteiger charge is 2.47. The summed E-state index contributed by atoms with van der Waals surface area (Å²) in [6, 6.07) is 1.32. The van der Waals surface area contributed by atoms with Crippen molar-refractivity contribution >= 4 is 5.91 Å². The molecular formula is C34H53F3N4O4. The molecule has 4 fully saturated rings. The third-order valence-electron chi connectivity index (χ3n) is 11.2. The predicted molar refractivity (Wildman–Crippen MR) is 167 cm³/mol. The molecule has 2 N–H and O–H groups in total. The topological polar surface area (TPSA) is 86.9 Å². The summed E-state index contributed by atoms with van der Waals surface area (Å²) in [6.45, 7) is 10.4. The summed E-state index contributed by atoms with van der Waals surface area (Å²) in [4.78, 5) is 33.5. The maximum absolute atomic E-state index is 14.1. The van der Waals surface area contributed by atoms with Crippen molar-refractivity contribution in [2.45, 2.75) is 96.9 Å². The number of carbonyl (C=O) groups excluding carboxylic acids is 1. The number of aromatic nitrogens is 1. The lowest BCUT2D eigenvalue weighted by molar-refractivity contribution is -0.170. The highest BCUT2D eigenvalue weighted by atomic mass is 19.4. The van der Waals surface area contributed by atoms with Crippen molar-refractivity contribution in [3.05, 3.63) is 33.2 Å². The van der Waals surface area contributed by atoms with Crippen LogP contribution in [0.5, 0.6) is 0 Å². The Morgan fingerprint density at radius 3 is 2.31 bits per heavy atom. The van der Waals surface area contributed by atoms with Gasteiger partial charge < -0.3 is 19.8 Å². The van der Waals surface area contributed by atoms with E-state index < -0.39 is 18.6 Å². The molecule has 4 aliphatic rings. The maximum Gasteiger partial charge on any atom is 0.401 e. The van der Waals surface area contributed by atoms with Crippen molar-refractivity contribution < 1.29 is 27.4 Å². The molecule has 3 heterocycles. The minimum Gasteiger partial charge on any atom is -0.381 e. The van der Waals surface area contributed by atoms with E-state index in [0.717, 1.165) is 69.8 Å². The number of alkyl halides is 3. The maximum atomic E-state index is 14.1. The lowest BCUT2D eigenvalue weighted by Gasteiger charge is -2.50. The fourth-order valence-electron chi connectivity index (χ4n) is 8.74. The predicted octanol–water partition coefficient (Wildman–Crippen LogP) is 4.82. The summed E-state index contributed by atoms with van der Waals surface area (Å²) in [5, 5.41) is 3.03. The Kier molecular flexibility index (Phi) is 11.7. The molecule has 0 spiro atoms. The minimum absolute atomic E-state index is 0.109. The molecule has 254 valence electrons. The van der Waals surface area contributed by atoms with Crippen LogP contribution in [-0.4, -0.2) is 91.6 Å². The SMILES string of the molecule is Cc1cc(C)c(CNC(=O)C2CC(C3CCC(CN4CCOCC4)CC3)CC(N(CC(F)(F)F)C3CCOCC3)C2C)c(=O)[nH]1. The number of H-pyrrole nitrogens is 1. The van der Waals surface area contributed by atoms with Gasteiger partial charge in [0, 0.05) is 68.7 Å². The number of rotatable bonds is 9. The third-order valence-corrected chi connectivity index (χ3v) is 11.2. The molecule has 1 aromatic rings. The van der Waals surface area contributed by atoms with E-state index in [1.54, 1.807) is 4.90 Å². The number of halogens is 3. The Bertz CT molecular complexity index is 1170. The van der Waals surface area contributed by atoms with Crippen molar-refractivity contribution in [1.29, 1.82) is 0 Å². The number of nitrogens with zero attached hydrogens (tertiary/aromatic N) is 2. The van der Waals surface area contributed by atoms with E-state index in [0.29, 0.717) is 56.3 Å². The molecule has 2 saturated carbocycles. The molecule has 8 nitrogen and oxygen atoms in total. The van der Waals surface area contributed by atoms with Crippen molar-refractivity contribution in [2.75, 3.05) is 52.6 Å². The van der Waals surface area contributed by atoms with Gasteiger partial charge >= 0.3 is 6.18 Å². The van der Waals surface area contributed by atoms with Gasteiger partial charge in [0.05, 0.1) is 19.8 Å². The molecule has 1 aromatic heterocycles. The highest BCUT2D eigenvalue weighted by molar-refractivity contribution is 5.79. The summed E-state index contributed by atoms with van der Waals surface area (Å²) < 4.78 is 53.3. The Labute approximate surface area is 265 Å². The van der Waals surface area contributed by atoms with Gasteiger partial charge in [0.2, 0.25) is 5.91 Å². The van der Waals surface area contributed by atoms with Gasteiger partial charge in [0.15, 0.2) is 0 Å². The average Bonchev–Trinajstić information content (AvgIpc) is 3.00. The Hall–Kier alpha value is -1.95. The van der Waals surface area contributed by atoms with Crippen molar-refractivity contribution in [3.8, 4) is 0 Å². The number of pyridine rings is 1. The van der Waals surface area contributed by atoms with Crippen LogP contribution in [0.2, 0.25) is 0 Å². The van der Waals surface area contributed by atoms with E-state index in [1.807, 2.05) is 26.8 Å². The summed E-state index contributed by atoms with van der Waals surface area (Å²) in [7, 11) is 0. The largest absolute Gasteiger partial charge is 0.401 e. The zero-order valence-electron chi connectivity index (χ0n) is 27.3. The standard InChI is InChI=1S/C34H53F3N4O4/c1-22-16-23(2)39-33(43)30(22)19-38-32(42)29-17-27(26-6-4-25(5-7-26)20-40-10-14-45-15-11-40)18-31(24(29)3)41(21-34(35,36)37)28-8-12-44-13-9-28/h16,24-29,31H,4-15,17-21H2,1-3H3,(H,38,42)(H,39,43). The second-order valence-electron chi connectivity index (χ2n) is 14.3. The van der Waals surface area contributed by atoms with Crippen LogP contribution in [-0.2, 0) is 20.8 Å². The van der Waals surface area contributed by atoms with Gasteiger partial charge in [0.1, 0.15) is 0 Å². The molecule has 0 bridgehead atoms. The van der Waals surface area contributed by atoms with Gasteiger partial charge in [-0.15, -0.1) is 0 Å². The lowest BCUT2D eigenvalue weighted by atomic mass is 9.63. The third kappa shape index (κ3) is 9.11. The monoisotopic (exact) mass is 638 g/mol. The fourth-order valence-corrected chi connectivity index (χ4v) is 8.74. The van der Waals surface area contributed by atoms with Crippen molar-refractivity contribution in [2.24, 2.45) is 29.6 Å². The molecule has 0 aromatic carbocycles. The molecule has 5 rings (SSSR count). The highest BCUT2D eigenvalue weighted by Crippen LogP contribution is 2.46. The summed E-state index contributed by atoms with van der Waals surface area (Å²) in [5.74, 6) is 0.405. The molecule has 4 unspecified atom stereocenters. The van der Waals surface area contributed by atoms with Crippen LogP contribution < -0.4 is 10.9 Å². The summed E-state index contributed by atoms with van der Waals surface area (Å²) >= 11 is 0. The second-order valence-corrected chi connectivity index (χ2v) is 14.3. The molecule has 2 aliphatic carbocycles. The van der Waals surface area contributed by atoms with E-state index in [4.69, 9.17) is 9.47 Å². The first-order valence-corrected chi connectivity index (χ1v) is 17.2. The Balaban J connectivity index is 1.33. The molecule has 4 atom stereocenters. The van der Waals surface area contributed by atoms with Crippen LogP contribution in [0.4, 0.5) is 13.2 Å². The molecule has 2 saturated heterocycles. The van der Waals surface area contributed by atoms with E-state index in [2.05, 4.69) is 15.2 Å². The van der Waals surface area contributed by atoms with E-state index in [9.17, 15) is 22.8 Å². The minimum atomic E-state index is -4.33. The molecule has 2 aliphatic heterocycles. The molecular weight excluding hydrogens is 585 g/mol. The zero-order chi connectivity index (χ0) is 32.1. The van der Waals surface area contributed by atoms with Crippen LogP contribution in [0.1, 0.15) is 75.1 Å². The number of hydrogen-bond acceptors (Lipinski definition) is 6. The summed E-state index contributed by atoms with van der Waals surface area (Å²) in [5.41, 5.74) is 1.88. The Morgan fingerprint density at radius 1 is 1.00 bits per heavy atom. The number of nitrogens with one attached hydrogen (secondary N) is 2. The van der Waals surface area contributed by atoms with Gasteiger partial charge in [-0.25, -0.2) is 0 Å². The lowest BCUT2D eigenvalue weighted by Crippen LogP contribution is -2.57. The number of carbonyl (C=O) groups is 1. The van der Waals surface area contributed by atoms with Crippen LogP contribution in [0.25, 0.3) is 0 Å². The normalized spacial score (nSPS) is 30.8. The van der Waals surface area contributed by atoms with Crippen molar-refractivity contribution in [3.63, 3.8) is 0 Å². The van der Waals surface area contributed by atoms with Crippen molar-refractivity contribution in [1.82, 2.24) is 20.1 Å². The van der Waals surface area contributed by atoms with Crippen LogP contribution in [0.3, 0.4) is 0 Å². The number of hydrogen-bond donors (Lipinski definition) is 2. The number of morpholine rings is 1. The fraction of sp³-hybridized carbons (Fsp3) is 0.824. The number of aryl methyl sites for hydroxylation is 2. The van der Waals surface area contributed by atoms with Crippen LogP contribution >= 0.6 is 0 Å². The molecule has 1 amide bonds. The van der Waals surface area contributed by atoms with Crippen LogP contribution in [0, 0.1) is 43.4 Å². The quantitative estimate of drug-likeness (QED) is 0.404. The first kappa shape index (κ1) is 34.4. The van der Waals surface area contributed by atoms with Gasteiger partial charge in [0.25, 0.3) is 5.56 Å². The number of ether oxygens (including phenoxy) is 2. The van der Waals surface area contributed by atoms with Gasteiger partial charge in [-0.2, -0.15) is 13.2 Å². The second kappa shape index (κ2) is 15.3. The first-order chi connectivity index (χ1) is 21.5. The van der Waals surface area contributed by atoms with Gasteiger partial charge in [-0.05, 0) is 101 Å². The smallest absolute Gasteiger partial charge is 0.381 e. The van der Waals surface area contributed by atoms with Gasteiger partial charge in [-0.1, -0.05) is 6.92 Å². The summed E-state index contributed by atoms with van der Waals surface area (Å²) in [6.07, 6.45) is 2.55. The first-order valence-electron chi connectivity index (χ1n) is 17.2. The Morgan fingerprint density at radius 2 is 1.67 bits per heavy atom.